The molecule has 0 fully saturated rings. The van der Waals surface area contributed by atoms with Gasteiger partial charge in [-0.05, 0) is 47.9 Å². The van der Waals surface area contributed by atoms with E-state index in [1.807, 2.05) is 30.3 Å². The van der Waals surface area contributed by atoms with E-state index in [2.05, 4.69) is 15.4 Å². The Morgan fingerprint density at radius 1 is 0.771 bits per heavy atom. The first-order valence-electron chi connectivity index (χ1n) is 10.7. The Kier molecular flexibility index (Phi) is 8.34. The third kappa shape index (κ3) is 7.23. The molecule has 0 spiro atoms. The SMILES string of the molecule is Cc1ccc(C(=O)NCc2ccc(C(=O)NCC(N)=O)cc2)cc1S(=O)(=O)NCc1ccccc1. The summed E-state index contributed by atoms with van der Waals surface area (Å²) < 4.78 is 28.3. The predicted molar refractivity (Wildman–Crippen MR) is 131 cm³/mol. The average Bonchev–Trinajstić information content (AvgIpc) is 2.85. The van der Waals surface area contributed by atoms with Crippen LogP contribution in [0.25, 0.3) is 0 Å². The van der Waals surface area contributed by atoms with Gasteiger partial charge in [0.15, 0.2) is 0 Å². The molecule has 0 atom stereocenters. The smallest absolute Gasteiger partial charge is 0.251 e. The zero-order valence-electron chi connectivity index (χ0n) is 19.1. The molecule has 0 unspecified atom stereocenters. The molecule has 0 bridgehead atoms. The number of aryl methyl sites for hydroxylation is 1. The van der Waals surface area contributed by atoms with Crippen molar-refractivity contribution in [3.63, 3.8) is 0 Å². The topological polar surface area (TPSA) is 147 Å². The fraction of sp³-hybridized carbons (Fsp3) is 0.160. The van der Waals surface area contributed by atoms with E-state index >= 15 is 0 Å². The maximum absolute atomic E-state index is 12.9. The second-order valence-electron chi connectivity index (χ2n) is 7.82. The van der Waals surface area contributed by atoms with Crippen LogP contribution in [0, 0.1) is 6.92 Å². The summed E-state index contributed by atoms with van der Waals surface area (Å²) in [6.45, 7) is 1.71. The summed E-state index contributed by atoms with van der Waals surface area (Å²) in [5.74, 6) is -1.52. The molecule has 182 valence electrons. The highest BCUT2D eigenvalue weighted by atomic mass is 32.2. The van der Waals surface area contributed by atoms with Crippen molar-refractivity contribution in [2.45, 2.75) is 24.9 Å². The van der Waals surface area contributed by atoms with Crippen molar-refractivity contribution in [2.75, 3.05) is 6.54 Å². The molecule has 10 heteroatoms. The molecule has 0 aliphatic carbocycles. The number of hydrogen-bond acceptors (Lipinski definition) is 5. The van der Waals surface area contributed by atoms with Crippen LogP contribution in [0.1, 0.15) is 37.4 Å². The van der Waals surface area contributed by atoms with E-state index in [0.29, 0.717) is 11.1 Å². The quantitative estimate of drug-likeness (QED) is 0.338. The number of carbonyl (C=O) groups excluding carboxylic acids is 3. The molecule has 0 aliphatic rings. The van der Waals surface area contributed by atoms with Gasteiger partial charge in [-0.3, -0.25) is 14.4 Å². The van der Waals surface area contributed by atoms with Crippen molar-refractivity contribution in [3.05, 3.63) is 101 Å². The van der Waals surface area contributed by atoms with E-state index in [4.69, 9.17) is 5.73 Å². The predicted octanol–water partition coefficient (Wildman–Crippen LogP) is 1.62. The number of benzene rings is 3. The number of primary amides is 1. The molecule has 0 saturated heterocycles. The Labute approximate surface area is 203 Å². The molecule has 0 saturated carbocycles. The third-order valence-corrected chi connectivity index (χ3v) is 6.68. The summed E-state index contributed by atoms with van der Waals surface area (Å²) in [6, 6.07) is 20.1. The fourth-order valence-electron chi connectivity index (χ4n) is 3.21. The molecule has 0 aromatic heterocycles. The molecular weight excluding hydrogens is 468 g/mol. The Morgan fingerprint density at radius 3 is 2.03 bits per heavy atom. The normalized spacial score (nSPS) is 11.0. The maximum atomic E-state index is 12.9. The lowest BCUT2D eigenvalue weighted by Crippen LogP contribution is -2.33. The van der Waals surface area contributed by atoms with E-state index in [9.17, 15) is 22.8 Å². The Hall–Kier alpha value is -4.02. The first kappa shape index (κ1) is 25.6. The largest absolute Gasteiger partial charge is 0.368 e. The summed E-state index contributed by atoms with van der Waals surface area (Å²) in [6.07, 6.45) is 0. The van der Waals surface area contributed by atoms with Crippen molar-refractivity contribution in [3.8, 4) is 0 Å². The molecule has 3 aromatic carbocycles. The Bertz CT molecular complexity index is 1320. The monoisotopic (exact) mass is 494 g/mol. The average molecular weight is 495 g/mol. The minimum absolute atomic E-state index is 0.0346. The van der Waals surface area contributed by atoms with Gasteiger partial charge in [0.2, 0.25) is 15.9 Å². The van der Waals surface area contributed by atoms with E-state index in [1.165, 1.54) is 6.07 Å². The lowest BCUT2D eigenvalue weighted by molar-refractivity contribution is -0.117. The highest BCUT2D eigenvalue weighted by Crippen LogP contribution is 2.18. The van der Waals surface area contributed by atoms with E-state index in [1.54, 1.807) is 43.3 Å². The summed E-state index contributed by atoms with van der Waals surface area (Å²) in [7, 11) is -3.83. The van der Waals surface area contributed by atoms with Crippen molar-refractivity contribution < 1.29 is 22.8 Å². The number of rotatable bonds is 10. The van der Waals surface area contributed by atoms with Crippen LogP contribution in [0.2, 0.25) is 0 Å². The van der Waals surface area contributed by atoms with Gasteiger partial charge in [0, 0.05) is 24.2 Å². The van der Waals surface area contributed by atoms with Crippen LogP contribution >= 0.6 is 0 Å². The molecule has 0 radical (unpaired) electrons. The molecule has 5 N–H and O–H groups in total. The second kappa shape index (κ2) is 11.4. The number of carbonyl (C=O) groups is 3. The number of amides is 3. The Balaban J connectivity index is 1.63. The molecular formula is C25H26N4O5S. The third-order valence-electron chi connectivity index (χ3n) is 5.14. The lowest BCUT2D eigenvalue weighted by atomic mass is 10.1. The number of nitrogens with two attached hydrogens (primary N) is 1. The molecule has 9 nitrogen and oxygen atoms in total. The molecule has 0 aliphatic heterocycles. The fourth-order valence-corrected chi connectivity index (χ4v) is 4.50. The molecule has 3 amide bonds. The molecule has 0 heterocycles. The van der Waals surface area contributed by atoms with Gasteiger partial charge in [-0.25, -0.2) is 13.1 Å². The van der Waals surface area contributed by atoms with Crippen molar-refractivity contribution >= 4 is 27.7 Å². The minimum Gasteiger partial charge on any atom is -0.368 e. The summed E-state index contributed by atoms with van der Waals surface area (Å²) >= 11 is 0. The van der Waals surface area contributed by atoms with Crippen molar-refractivity contribution in [2.24, 2.45) is 5.73 Å². The standard InChI is InChI=1S/C25H26N4O5S/c1-17-7-10-21(13-22(17)35(33,34)29-15-18-5-3-2-4-6-18)25(32)27-14-19-8-11-20(12-9-19)24(31)28-16-23(26)30/h2-13,29H,14-16H2,1H3,(H2,26,30)(H,27,32)(H,28,31). The zero-order valence-corrected chi connectivity index (χ0v) is 19.9. The van der Waals surface area contributed by atoms with Gasteiger partial charge in [-0.2, -0.15) is 0 Å². The van der Waals surface area contributed by atoms with Gasteiger partial charge in [-0.1, -0.05) is 48.5 Å². The van der Waals surface area contributed by atoms with Crippen molar-refractivity contribution in [1.82, 2.24) is 15.4 Å². The number of sulfonamides is 1. The first-order valence-corrected chi connectivity index (χ1v) is 12.2. The van der Waals surface area contributed by atoms with Crippen LogP contribution in [0.5, 0.6) is 0 Å². The second-order valence-corrected chi connectivity index (χ2v) is 9.55. The van der Waals surface area contributed by atoms with E-state index in [-0.39, 0.29) is 30.1 Å². The Morgan fingerprint density at radius 2 is 1.37 bits per heavy atom. The van der Waals surface area contributed by atoms with Crippen LogP contribution < -0.4 is 21.1 Å². The van der Waals surface area contributed by atoms with Gasteiger partial charge in [-0.15, -0.1) is 0 Å². The summed E-state index contributed by atoms with van der Waals surface area (Å²) in [5, 5.41) is 5.14. The van der Waals surface area contributed by atoms with Gasteiger partial charge in [0.1, 0.15) is 0 Å². The highest BCUT2D eigenvalue weighted by molar-refractivity contribution is 7.89. The van der Waals surface area contributed by atoms with Crippen LogP contribution in [-0.4, -0.2) is 32.7 Å². The molecule has 35 heavy (non-hydrogen) atoms. The lowest BCUT2D eigenvalue weighted by Gasteiger charge is -2.12. The van der Waals surface area contributed by atoms with Crippen molar-refractivity contribution in [1.29, 1.82) is 0 Å². The van der Waals surface area contributed by atoms with Crippen LogP contribution in [0.15, 0.2) is 77.7 Å². The van der Waals surface area contributed by atoms with Crippen LogP contribution in [-0.2, 0) is 27.9 Å². The summed E-state index contributed by atoms with van der Waals surface area (Å²) in [4.78, 5) is 35.4. The zero-order chi connectivity index (χ0) is 25.4. The number of nitrogens with one attached hydrogen (secondary N) is 3. The summed E-state index contributed by atoms with van der Waals surface area (Å²) in [5.41, 5.74) is 7.63. The van der Waals surface area contributed by atoms with Crippen LogP contribution in [0.4, 0.5) is 0 Å². The molecule has 3 aromatic rings. The van der Waals surface area contributed by atoms with Gasteiger partial charge in [0.05, 0.1) is 11.4 Å². The van der Waals surface area contributed by atoms with E-state index in [0.717, 1.165) is 11.1 Å². The minimum atomic E-state index is -3.83. The molecule has 3 rings (SSSR count). The van der Waals surface area contributed by atoms with E-state index < -0.39 is 27.7 Å². The van der Waals surface area contributed by atoms with Gasteiger partial charge < -0.3 is 16.4 Å². The first-order chi connectivity index (χ1) is 16.7. The number of hydrogen-bond donors (Lipinski definition) is 4. The van der Waals surface area contributed by atoms with Gasteiger partial charge >= 0.3 is 0 Å². The van der Waals surface area contributed by atoms with Gasteiger partial charge in [0.25, 0.3) is 11.8 Å². The van der Waals surface area contributed by atoms with Crippen LogP contribution in [0.3, 0.4) is 0 Å². The maximum Gasteiger partial charge on any atom is 0.251 e. The highest BCUT2D eigenvalue weighted by Gasteiger charge is 2.19.